The molecule has 0 fully saturated rings. The van der Waals surface area contributed by atoms with Gasteiger partial charge < -0.3 is 10.8 Å². The van der Waals surface area contributed by atoms with Gasteiger partial charge in [0.1, 0.15) is 0 Å². The van der Waals surface area contributed by atoms with Crippen LogP contribution in [0.25, 0.3) is 0 Å². The van der Waals surface area contributed by atoms with Gasteiger partial charge in [-0.2, -0.15) is 0 Å². The summed E-state index contributed by atoms with van der Waals surface area (Å²) in [6, 6.07) is -0.986. The second kappa shape index (κ2) is 5.66. The first-order chi connectivity index (χ1) is 6.74. The first-order valence-electron chi connectivity index (χ1n) is 4.25. The van der Waals surface area contributed by atoms with E-state index in [9.17, 15) is 18.0 Å². The van der Waals surface area contributed by atoms with Gasteiger partial charge in [-0.25, -0.2) is 13.1 Å². The topological polar surface area (TPSA) is 127 Å². The van der Waals surface area contributed by atoms with Crippen LogP contribution in [-0.2, 0) is 19.6 Å². The lowest BCUT2D eigenvalue weighted by Gasteiger charge is -2.09. The minimum absolute atomic E-state index is 0.00382. The number of carbonyl (C=O) groups excluding carboxylic acids is 1. The number of primary amides is 1. The van der Waals surface area contributed by atoms with E-state index in [2.05, 4.69) is 0 Å². The first-order valence-corrected chi connectivity index (χ1v) is 5.91. The van der Waals surface area contributed by atoms with Gasteiger partial charge in [-0.05, 0) is 13.3 Å². The Morgan fingerprint density at radius 1 is 1.47 bits per heavy atom. The molecule has 0 aliphatic carbocycles. The van der Waals surface area contributed by atoms with Crippen LogP contribution in [0.2, 0.25) is 0 Å². The van der Waals surface area contributed by atoms with E-state index in [-0.39, 0.29) is 18.6 Å². The maximum Gasteiger partial charge on any atom is 0.303 e. The van der Waals surface area contributed by atoms with Gasteiger partial charge in [-0.15, -0.1) is 0 Å². The van der Waals surface area contributed by atoms with E-state index >= 15 is 0 Å². The van der Waals surface area contributed by atoms with Crippen molar-refractivity contribution >= 4 is 21.9 Å². The third-order valence-electron chi connectivity index (χ3n) is 1.59. The van der Waals surface area contributed by atoms with Gasteiger partial charge >= 0.3 is 5.97 Å². The number of nitrogens with one attached hydrogen (secondary N) is 1. The van der Waals surface area contributed by atoms with Crippen molar-refractivity contribution in [3.05, 3.63) is 0 Å². The maximum atomic E-state index is 11.2. The minimum atomic E-state index is -3.64. The van der Waals surface area contributed by atoms with Gasteiger partial charge in [-0.1, -0.05) is 0 Å². The summed E-state index contributed by atoms with van der Waals surface area (Å²) < 4.78 is 24.5. The molecular formula is C7H14N2O5S. The van der Waals surface area contributed by atoms with Crippen LogP contribution in [0.15, 0.2) is 0 Å². The zero-order valence-corrected chi connectivity index (χ0v) is 9.08. The molecule has 88 valence electrons. The summed E-state index contributed by atoms with van der Waals surface area (Å²) in [6.45, 7) is 1.32. The van der Waals surface area contributed by atoms with Crippen molar-refractivity contribution in [3.63, 3.8) is 0 Å². The molecule has 0 spiro atoms. The molecule has 0 bridgehead atoms. The van der Waals surface area contributed by atoms with E-state index in [1.807, 2.05) is 4.72 Å². The van der Waals surface area contributed by atoms with Gasteiger partial charge in [0.2, 0.25) is 15.9 Å². The van der Waals surface area contributed by atoms with Crippen molar-refractivity contribution in [3.8, 4) is 0 Å². The predicted molar refractivity (Wildman–Crippen MR) is 52.4 cm³/mol. The number of carbonyl (C=O) groups is 2. The second-order valence-electron chi connectivity index (χ2n) is 3.06. The summed E-state index contributed by atoms with van der Waals surface area (Å²) >= 11 is 0. The summed E-state index contributed by atoms with van der Waals surface area (Å²) in [5.74, 6) is -2.18. The highest BCUT2D eigenvalue weighted by Gasteiger charge is 2.17. The summed E-state index contributed by atoms with van der Waals surface area (Å²) in [5.41, 5.74) is 4.86. The molecule has 1 unspecified atom stereocenters. The van der Waals surface area contributed by atoms with Gasteiger partial charge in [0.25, 0.3) is 0 Å². The maximum absolute atomic E-state index is 11.2. The lowest BCUT2D eigenvalue weighted by molar-refractivity contribution is -0.137. The van der Waals surface area contributed by atoms with Crippen LogP contribution in [0.4, 0.5) is 0 Å². The number of rotatable bonds is 7. The lowest BCUT2D eigenvalue weighted by atomic mass is 10.3. The summed E-state index contributed by atoms with van der Waals surface area (Å²) in [4.78, 5) is 20.7. The number of sulfonamides is 1. The largest absolute Gasteiger partial charge is 0.481 e. The van der Waals surface area contributed by atoms with Gasteiger partial charge in [-0.3, -0.25) is 9.59 Å². The Hall–Kier alpha value is -1.15. The van der Waals surface area contributed by atoms with E-state index in [1.54, 1.807) is 0 Å². The highest BCUT2D eigenvalue weighted by molar-refractivity contribution is 7.89. The second-order valence-corrected chi connectivity index (χ2v) is 4.93. The molecule has 0 rings (SSSR count). The molecule has 15 heavy (non-hydrogen) atoms. The molecule has 0 aromatic carbocycles. The average Bonchev–Trinajstić information content (AvgIpc) is 2.01. The molecule has 1 atom stereocenters. The first kappa shape index (κ1) is 13.8. The molecule has 0 aromatic rings. The van der Waals surface area contributed by atoms with Crippen LogP contribution in [0, 0.1) is 0 Å². The normalized spacial score (nSPS) is 13.4. The van der Waals surface area contributed by atoms with E-state index in [1.165, 1.54) is 6.92 Å². The summed E-state index contributed by atoms with van der Waals surface area (Å²) in [7, 11) is -3.64. The molecule has 0 aromatic heterocycles. The van der Waals surface area contributed by atoms with Gasteiger partial charge in [0, 0.05) is 6.42 Å². The predicted octanol–water partition coefficient (Wildman–Crippen LogP) is -1.36. The molecule has 0 heterocycles. The van der Waals surface area contributed by atoms with Crippen LogP contribution < -0.4 is 10.5 Å². The summed E-state index contributed by atoms with van der Waals surface area (Å²) in [6.07, 6.45) is -0.234. The van der Waals surface area contributed by atoms with Crippen LogP contribution in [0.5, 0.6) is 0 Å². The fourth-order valence-corrected chi connectivity index (χ4v) is 2.10. The Labute approximate surface area is 87.7 Å². The molecule has 4 N–H and O–H groups in total. The quantitative estimate of drug-likeness (QED) is 0.505. The third kappa shape index (κ3) is 6.86. The molecular weight excluding hydrogens is 224 g/mol. The minimum Gasteiger partial charge on any atom is -0.481 e. The van der Waals surface area contributed by atoms with Crippen molar-refractivity contribution in [2.45, 2.75) is 25.8 Å². The Bertz CT molecular complexity index is 337. The molecule has 0 aliphatic heterocycles. The molecule has 0 radical (unpaired) electrons. The third-order valence-corrected chi connectivity index (χ3v) is 3.13. The number of hydrogen-bond acceptors (Lipinski definition) is 4. The van der Waals surface area contributed by atoms with Gasteiger partial charge in [0.05, 0.1) is 11.8 Å². The zero-order valence-electron chi connectivity index (χ0n) is 8.26. The Morgan fingerprint density at radius 3 is 2.40 bits per heavy atom. The van der Waals surface area contributed by atoms with Crippen LogP contribution >= 0.6 is 0 Å². The van der Waals surface area contributed by atoms with E-state index in [0.29, 0.717) is 0 Å². The molecule has 1 amide bonds. The van der Waals surface area contributed by atoms with Crippen molar-refractivity contribution in [1.82, 2.24) is 4.72 Å². The SMILES string of the molecule is CC(NS(=O)(=O)CCCC(=O)O)C(N)=O. The monoisotopic (exact) mass is 238 g/mol. The highest BCUT2D eigenvalue weighted by Crippen LogP contribution is 1.96. The molecule has 0 aliphatic rings. The van der Waals surface area contributed by atoms with Gasteiger partial charge in [0.15, 0.2) is 0 Å². The van der Waals surface area contributed by atoms with Crippen molar-refractivity contribution in [2.24, 2.45) is 5.73 Å². The number of carboxylic acids is 1. The van der Waals surface area contributed by atoms with Crippen molar-refractivity contribution in [2.75, 3.05) is 5.75 Å². The number of amides is 1. The number of hydrogen-bond donors (Lipinski definition) is 3. The smallest absolute Gasteiger partial charge is 0.303 e. The van der Waals surface area contributed by atoms with Crippen molar-refractivity contribution in [1.29, 1.82) is 0 Å². The summed E-state index contributed by atoms with van der Waals surface area (Å²) in [5, 5.41) is 8.29. The molecule has 0 saturated heterocycles. The fourth-order valence-electron chi connectivity index (χ4n) is 0.800. The highest BCUT2D eigenvalue weighted by atomic mass is 32.2. The Balaban J connectivity index is 4.09. The Morgan fingerprint density at radius 2 is 2.00 bits per heavy atom. The fraction of sp³-hybridized carbons (Fsp3) is 0.714. The van der Waals surface area contributed by atoms with Crippen LogP contribution in [0.3, 0.4) is 0 Å². The number of carboxylic acid groups (broad SMARTS) is 1. The van der Waals surface area contributed by atoms with E-state index < -0.39 is 27.9 Å². The van der Waals surface area contributed by atoms with Crippen LogP contribution in [0.1, 0.15) is 19.8 Å². The average molecular weight is 238 g/mol. The van der Waals surface area contributed by atoms with Crippen molar-refractivity contribution < 1.29 is 23.1 Å². The number of aliphatic carboxylic acids is 1. The van der Waals surface area contributed by atoms with E-state index in [4.69, 9.17) is 10.8 Å². The standard InChI is InChI=1S/C7H14N2O5S/c1-5(7(8)12)9-15(13,14)4-2-3-6(10)11/h5,9H,2-4H2,1H3,(H2,8,12)(H,10,11). The molecule has 0 saturated carbocycles. The lowest BCUT2D eigenvalue weighted by Crippen LogP contribution is -2.43. The molecule has 7 nitrogen and oxygen atoms in total. The molecule has 8 heteroatoms. The zero-order chi connectivity index (χ0) is 12.1. The number of nitrogens with two attached hydrogens (primary N) is 1. The van der Waals surface area contributed by atoms with E-state index in [0.717, 1.165) is 0 Å². The Kier molecular flexibility index (Phi) is 5.23. The van der Waals surface area contributed by atoms with Crippen LogP contribution in [-0.4, -0.2) is 37.2 Å².